The molecule has 0 saturated heterocycles. The summed E-state index contributed by atoms with van der Waals surface area (Å²) >= 11 is 0. The monoisotopic (exact) mass is 341 g/mol. The zero-order valence-electron chi connectivity index (χ0n) is 14.6. The van der Waals surface area contributed by atoms with Gasteiger partial charge in [0.05, 0.1) is 0 Å². The van der Waals surface area contributed by atoms with E-state index in [0.717, 1.165) is 28.6 Å². The van der Waals surface area contributed by atoms with Gasteiger partial charge < -0.3 is 24.3 Å². The van der Waals surface area contributed by atoms with Gasteiger partial charge in [-0.15, -0.1) is 0 Å². The van der Waals surface area contributed by atoms with E-state index in [9.17, 15) is 0 Å². The highest BCUT2D eigenvalue weighted by Gasteiger charge is 2.21. The largest absolute Gasteiger partial charge is 0.486 e. The molecule has 0 spiro atoms. The van der Waals surface area contributed by atoms with E-state index in [1.165, 1.54) is 5.56 Å². The Balaban J connectivity index is 1.53. The molecule has 2 heterocycles. The molecule has 5 heteroatoms. The summed E-state index contributed by atoms with van der Waals surface area (Å²) < 4.78 is 22.4. The third-order valence-corrected chi connectivity index (χ3v) is 4.58. The van der Waals surface area contributed by atoms with Gasteiger partial charge in [0, 0.05) is 18.2 Å². The van der Waals surface area contributed by atoms with Gasteiger partial charge in [-0.05, 0) is 29.7 Å². The molecular formula is C20H23NO4. The maximum atomic E-state index is 5.73. The van der Waals surface area contributed by atoms with E-state index >= 15 is 0 Å². The highest BCUT2D eigenvalue weighted by molar-refractivity contribution is 5.48. The number of ether oxygens (including phenoxy) is 4. The second-order valence-electron chi connectivity index (χ2n) is 6.66. The number of para-hydroxylation sites is 1. The summed E-state index contributed by atoms with van der Waals surface area (Å²) in [6.07, 6.45) is 0. The van der Waals surface area contributed by atoms with Crippen molar-refractivity contribution in [1.82, 2.24) is 5.32 Å². The first-order valence-electron chi connectivity index (χ1n) is 8.73. The van der Waals surface area contributed by atoms with Crippen molar-refractivity contribution < 1.29 is 18.9 Å². The number of hydrogen-bond acceptors (Lipinski definition) is 5. The Labute approximate surface area is 147 Å². The van der Waals surface area contributed by atoms with Crippen LogP contribution in [0.4, 0.5) is 0 Å². The van der Waals surface area contributed by atoms with Gasteiger partial charge in [-0.1, -0.05) is 32.0 Å². The molecule has 25 heavy (non-hydrogen) atoms. The van der Waals surface area contributed by atoms with Crippen LogP contribution in [0.25, 0.3) is 0 Å². The van der Waals surface area contributed by atoms with Crippen molar-refractivity contribution in [2.45, 2.75) is 26.4 Å². The fraction of sp³-hybridized carbons (Fsp3) is 0.400. The van der Waals surface area contributed by atoms with Crippen molar-refractivity contribution in [1.29, 1.82) is 0 Å². The molecule has 0 aliphatic carbocycles. The predicted molar refractivity (Wildman–Crippen MR) is 94.4 cm³/mol. The molecule has 0 aromatic heterocycles. The van der Waals surface area contributed by atoms with Crippen molar-refractivity contribution in [3.63, 3.8) is 0 Å². The Morgan fingerprint density at radius 3 is 2.60 bits per heavy atom. The molecule has 2 aromatic carbocycles. The van der Waals surface area contributed by atoms with E-state index in [1.54, 1.807) is 0 Å². The number of hydrogen-bond donors (Lipinski definition) is 1. The van der Waals surface area contributed by atoms with Gasteiger partial charge in [-0.3, -0.25) is 0 Å². The number of fused-ring (bicyclic) bond motifs is 2. The molecule has 132 valence electrons. The lowest BCUT2D eigenvalue weighted by molar-refractivity contribution is 0.171. The molecule has 1 atom stereocenters. The van der Waals surface area contributed by atoms with E-state index in [2.05, 4.69) is 37.4 Å². The predicted octanol–water partition coefficient (Wildman–Crippen LogP) is 3.67. The van der Waals surface area contributed by atoms with Crippen LogP contribution in [0.3, 0.4) is 0 Å². The lowest BCUT2D eigenvalue weighted by Crippen LogP contribution is -2.26. The molecule has 1 N–H and O–H groups in total. The van der Waals surface area contributed by atoms with Gasteiger partial charge >= 0.3 is 0 Å². The Bertz CT molecular complexity index is 759. The van der Waals surface area contributed by atoms with Crippen LogP contribution in [-0.4, -0.2) is 20.0 Å². The summed E-state index contributed by atoms with van der Waals surface area (Å²) in [7, 11) is 0. The van der Waals surface area contributed by atoms with Gasteiger partial charge in [0.25, 0.3) is 0 Å². The average molecular weight is 341 g/mol. The molecular weight excluding hydrogens is 318 g/mol. The molecule has 4 rings (SSSR count). The first kappa shape index (κ1) is 16.1. The smallest absolute Gasteiger partial charge is 0.231 e. The molecule has 5 nitrogen and oxygen atoms in total. The van der Waals surface area contributed by atoms with Crippen LogP contribution in [0.2, 0.25) is 0 Å². The molecule has 2 aliphatic heterocycles. The van der Waals surface area contributed by atoms with Crippen LogP contribution in [0.15, 0.2) is 36.4 Å². The van der Waals surface area contributed by atoms with Gasteiger partial charge in [-0.2, -0.15) is 0 Å². The molecule has 0 radical (unpaired) electrons. The van der Waals surface area contributed by atoms with Crippen LogP contribution in [0.1, 0.15) is 31.0 Å². The first-order chi connectivity index (χ1) is 12.2. The first-order valence-corrected chi connectivity index (χ1v) is 8.73. The zero-order chi connectivity index (χ0) is 17.2. The maximum absolute atomic E-state index is 5.73. The van der Waals surface area contributed by atoms with Crippen molar-refractivity contribution in [2.75, 3.05) is 20.0 Å². The highest BCUT2D eigenvalue weighted by Crippen LogP contribution is 2.37. The van der Waals surface area contributed by atoms with E-state index in [-0.39, 0.29) is 6.04 Å². The van der Waals surface area contributed by atoms with E-state index in [1.807, 2.05) is 18.2 Å². The summed E-state index contributed by atoms with van der Waals surface area (Å²) in [5, 5.41) is 3.66. The summed E-state index contributed by atoms with van der Waals surface area (Å²) in [5.41, 5.74) is 2.31. The Morgan fingerprint density at radius 1 is 0.920 bits per heavy atom. The molecule has 0 bridgehead atoms. The van der Waals surface area contributed by atoms with Gasteiger partial charge in [0.1, 0.15) is 13.2 Å². The van der Waals surface area contributed by atoms with Crippen LogP contribution in [0.5, 0.6) is 23.0 Å². The highest BCUT2D eigenvalue weighted by atomic mass is 16.7. The fourth-order valence-electron chi connectivity index (χ4n) is 3.34. The molecule has 0 fully saturated rings. The number of benzene rings is 2. The van der Waals surface area contributed by atoms with Crippen LogP contribution >= 0.6 is 0 Å². The Hall–Kier alpha value is -2.40. The normalized spacial score (nSPS) is 16.1. The van der Waals surface area contributed by atoms with E-state index in [0.29, 0.717) is 32.5 Å². The Morgan fingerprint density at radius 2 is 1.76 bits per heavy atom. The number of nitrogens with one attached hydrogen (secondary N) is 1. The summed E-state index contributed by atoms with van der Waals surface area (Å²) in [6, 6.07) is 12.4. The van der Waals surface area contributed by atoms with Crippen molar-refractivity contribution in [3.05, 3.63) is 47.5 Å². The molecule has 0 amide bonds. The van der Waals surface area contributed by atoms with E-state index in [4.69, 9.17) is 18.9 Å². The van der Waals surface area contributed by atoms with Gasteiger partial charge in [0.2, 0.25) is 6.79 Å². The topological polar surface area (TPSA) is 49.0 Å². The van der Waals surface area contributed by atoms with Crippen molar-refractivity contribution in [3.8, 4) is 23.0 Å². The van der Waals surface area contributed by atoms with Crippen LogP contribution < -0.4 is 24.3 Å². The molecule has 2 aromatic rings. The minimum absolute atomic E-state index is 0.203. The second kappa shape index (κ2) is 6.84. The minimum atomic E-state index is 0.203. The zero-order valence-corrected chi connectivity index (χ0v) is 14.6. The summed E-state index contributed by atoms with van der Waals surface area (Å²) in [5.74, 6) is 3.74. The Kier molecular flexibility index (Phi) is 4.40. The SMILES string of the molecule is CC(C)C(NCc1cccc2c1OCO2)c1ccc2c(c1)OCCO2. The maximum Gasteiger partial charge on any atom is 0.231 e. The van der Waals surface area contributed by atoms with Crippen LogP contribution in [-0.2, 0) is 6.54 Å². The lowest BCUT2D eigenvalue weighted by Gasteiger charge is -2.26. The molecule has 2 aliphatic rings. The standard InChI is InChI=1S/C20H23NO4/c1-13(2)19(14-6-7-16-18(10-14)23-9-8-22-16)21-11-15-4-3-5-17-20(15)25-12-24-17/h3-7,10,13,19,21H,8-9,11-12H2,1-2H3. The summed E-state index contributed by atoms with van der Waals surface area (Å²) in [6.45, 7) is 6.64. The lowest BCUT2D eigenvalue weighted by atomic mass is 9.95. The number of rotatable bonds is 5. The van der Waals surface area contributed by atoms with Gasteiger partial charge in [0.15, 0.2) is 23.0 Å². The van der Waals surface area contributed by atoms with Crippen molar-refractivity contribution in [2.24, 2.45) is 5.92 Å². The fourth-order valence-corrected chi connectivity index (χ4v) is 3.34. The summed E-state index contributed by atoms with van der Waals surface area (Å²) in [4.78, 5) is 0. The molecule has 0 saturated carbocycles. The minimum Gasteiger partial charge on any atom is -0.486 e. The van der Waals surface area contributed by atoms with Crippen LogP contribution in [0, 0.1) is 5.92 Å². The van der Waals surface area contributed by atoms with Gasteiger partial charge in [-0.25, -0.2) is 0 Å². The van der Waals surface area contributed by atoms with Crippen molar-refractivity contribution >= 4 is 0 Å². The average Bonchev–Trinajstić information content (AvgIpc) is 3.11. The third kappa shape index (κ3) is 3.24. The molecule has 1 unspecified atom stereocenters. The quantitative estimate of drug-likeness (QED) is 0.899. The second-order valence-corrected chi connectivity index (χ2v) is 6.66. The van der Waals surface area contributed by atoms with E-state index < -0.39 is 0 Å². The third-order valence-electron chi connectivity index (χ3n) is 4.58.